The van der Waals surface area contributed by atoms with E-state index in [0.717, 1.165) is 5.56 Å². The first kappa shape index (κ1) is 24.0. The summed E-state index contributed by atoms with van der Waals surface area (Å²) in [4.78, 5) is 38.9. The summed E-state index contributed by atoms with van der Waals surface area (Å²) in [6.07, 6.45) is -2.70. The van der Waals surface area contributed by atoms with Crippen LogP contribution < -0.4 is 5.73 Å². The van der Waals surface area contributed by atoms with E-state index >= 15 is 0 Å². The molecule has 0 saturated heterocycles. The number of alkyl halides is 3. The minimum Gasteiger partial charge on any atom is -0.381 e. The quantitative estimate of drug-likeness (QED) is 0.241. The molecule has 182 valence electrons. The number of hydrogen-bond acceptors (Lipinski definition) is 8. The van der Waals surface area contributed by atoms with Gasteiger partial charge in [0.2, 0.25) is 0 Å². The summed E-state index contributed by atoms with van der Waals surface area (Å²) in [6, 6.07) is 7.54. The van der Waals surface area contributed by atoms with Gasteiger partial charge in [-0.3, -0.25) is 19.8 Å². The van der Waals surface area contributed by atoms with Crippen LogP contribution in [0, 0.1) is 10.1 Å². The van der Waals surface area contributed by atoms with Crippen LogP contribution in [0.3, 0.4) is 0 Å². The molecule has 0 atom stereocenters. The third-order valence-corrected chi connectivity index (χ3v) is 5.47. The van der Waals surface area contributed by atoms with Crippen molar-refractivity contribution >= 4 is 17.6 Å². The van der Waals surface area contributed by atoms with Crippen LogP contribution in [0.15, 0.2) is 36.5 Å². The molecule has 2 heterocycles. The van der Waals surface area contributed by atoms with Crippen molar-refractivity contribution in [1.82, 2.24) is 14.8 Å². The van der Waals surface area contributed by atoms with Gasteiger partial charge in [0, 0.05) is 41.6 Å². The number of aromatic nitrogens is 3. The zero-order valence-electron chi connectivity index (χ0n) is 18.0. The van der Waals surface area contributed by atoms with Crippen LogP contribution in [-0.4, -0.2) is 44.3 Å². The monoisotopic (exact) mass is 489 g/mol. The number of aryl methyl sites for hydroxylation is 2. The normalized spacial score (nSPS) is 12.6. The number of nitro groups is 1. The van der Waals surface area contributed by atoms with Gasteiger partial charge in [0.05, 0.1) is 16.3 Å². The number of ether oxygens (including phenoxy) is 1. The minimum atomic E-state index is -5.33. The third kappa shape index (κ3) is 4.75. The van der Waals surface area contributed by atoms with Crippen molar-refractivity contribution in [2.45, 2.75) is 32.0 Å². The van der Waals surface area contributed by atoms with E-state index in [9.17, 15) is 32.9 Å². The Balaban J connectivity index is 1.79. The van der Waals surface area contributed by atoms with Gasteiger partial charge < -0.3 is 10.5 Å². The summed E-state index contributed by atoms with van der Waals surface area (Å²) in [6.45, 7) is 0.351. The Morgan fingerprint density at radius 1 is 1.23 bits per heavy atom. The van der Waals surface area contributed by atoms with Crippen LogP contribution in [0.4, 0.5) is 18.9 Å². The van der Waals surface area contributed by atoms with E-state index in [1.807, 2.05) is 0 Å². The second kappa shape index (κ2) is 9.25. The highest BCUT2D eigenvalue weighted by molar-refractivity contribution is 5.99. The maximum atomic E-state index is 12.7. The molecule has 1 aromatic carbocycles. The summed E-state index contributed by atoms with van der Waals surface area (Å²) < 4.78 is 43.3. The SMILES string of the molecule is NCCCn1nc2c(c1C(=O)OC(=O)C(F)(F)F)CCc1cnc(-c3cccc([N+](=O)[O-])c3)cc1-2. The van der Waals surface area contributed by atoms with E-state index in [1.165, 1.54) is 22.9 Å². The smallest absolute Gasteiger partial charge is 0.381 e. The van der Waals surface area contributed by atoms with Crippen LogP contribution in [0.2, 0.25) is 0 Å². The number of benzene rings is 1. The molecule has 0 bridgehead atoms. The van der Waals surface area contributed by atoms with E-state index in [1.54, 1.807) is 18.3 Å². The maximum absolute atomic E-state index is 12.7. The van der Waals surface area contributed by atoms with E-state index in [-0.39, 0.29) is 30.9 Å². The third-order valence-electron chi connectivity index (χ3n) is 5.47. The molecule has 4 rings (SSSR count). The summed E-state index contributed by atoms with van der Waals surface area (Å²) in [5.41, 5.74) is 8.10. The fourth-order valence-electron chi connectivity index (χ4n) is 3.87. The first-order chi connectivity index (χ1) is 16.6. The number of non-ortho nitro benzene ring substituents is 1. The number of nitro benzene ring substituents is 1. The summed E-state index contributed by atoms with van der Waals surface area (Å²) in [7, 11) is 0. The average Bonchev–Trinajstić information content (AvgIpc) is 3.20. The highest BCUT2D eigenvalue weighted by Crippen LogP contribution is 2.37. The van der Waals surface area contributed by atoms with Gasteiger partial charge in [0.15, 0.2) is 5.69 Å². The highest BCUT2D eigenvalue weighted by atomic mass is 19.4. The molecule has 13 heteroatoms. The van der Waals surface area contributed by atoms with Crippen molar-refractivity contribution in [3.8, 4) is 22.5 Å². The van der Waals surface area contributed by atoms with Gasteiger partial charge in [-0.25, -0.2) is 9.59 Å². The Hall–Kier alpha value is -4.13. The number of pyridine rings is 1. The van der Waals surface area contributed by atoms with Crippen molar-refractivity contribution in [2.24, 2.45) is 5.73 Å². The van der Waals surface area contributed by atoms with Gasteiger partial charge in [0.1, 0.15) is 0 Å². The number of nitrogens with zero attached hydrogens (tertiary/aromatic N) is 4. The molecule has 0 aliphatic heterocycles. The van der Waals surface area contributed by atoms with Gasteiger partial charge in [-0.2, -0.15) is 18.3 Å². The lowest BCUT2D eigenvalue weighted by Crippen LogP contribution is -2.29. The number of carbonyl (C=O) groups excluding carboxylic acids is 2. The lowest BCUT2D eigenvalue weighted by molar-refractivity contribution is -0.384. The molecule has 10 nitrogen and oxygen atoms in total. The molecule has 0 unspecified atom stereocenters. The largest absolute Gasteiger partial charge is 0.491 e. The van der Waals surface area contributed by atoms with E-state index < -0.39 is 23.0 Å². The average molecular weight is 489 g/mol. The Kier molecular flexibility index (Phi) is 6.35. The predicted molar refractivity (Wildman–Crippen MR) is 115 cm³/mol. The van der Waals surface area contributed by atoms with Gasteiger partial charge in [-0.05, 0) is 37.4 Å². The Labute approximate surface area is 195 Å². The van der Waals surface area contributed by atoms with Crippen molar-refractivity contribution in [1.29, 1.82) is 0 Å². The molecule has 2 N–H and O–H groups in total. The zero-order valence-corrected chi connectivity index (χ0v) is 18.0. The molecular weight excluding hydrogens is 471 g/mol. The molecule has 0 amide bonds. The van der Waals surface area contributed by atoms with E-state index in [2.05, 4.69) is 14.8 Å². The lowest BCUT2D eigenvalue weighted by Gasteiger charge is -2.16. The van der Waals surface area contributed by atoms with E-state index in [4.69, 9.17) is 5.73 Å². The van der Waals surface area contributed by atoms with Gasteiger partial charge in [0.25, 0.3) is 5.69 Å². The number of carbonyl (C=O) groups is 2. The topological polar surface area (TPSA) is 143 Å². The number of hydrogen-bond donors (Lipinski definition) is 1. The molecule has 0 fully saturated rings. The standard InChI is InChI=1S/C22H18F3N5O5/c23-22(24,25)21(32)35-20(31)19-15-6-5-13-11-27-17(12-3-1-4-14(9-12)30(33)34)10-16(13)18(15)28-29(19)8-2-7-26/h1,3-4,9-11H,2,5-8,26H2. The van der Waals surface area contributed by atoms with E-state index in [0.29, 0.717) is 40.9 Å². The first-order valence-electron chi connectivity index (χ1n) is 10.5. The second-order valence-corrected chi connectivity index (χ2v) is 7.75. The molecular formula is C22H18F3N5O5. The van der Waals surface area contributed by atoms with Gasteiger partial charge >= 0.3 is 18.1 Å². The molecule has 1 aliphatic carbocycles. The molecule has 3 aromatic rings. The molecule has 0 saturated carbocycles. The molecule has 0 spiro atoms. The minimum absolute atomic E-state index is 0.117. The lowest BCUT2D eigenvalue weighted by atomic mass is 9.89. The summed E-state index contributed by atoms with van der Waals surface area (Å²) >= 11 is 0. The van der Waals surface area contributed by atoms with Crippen molar-refractivity contribution in [3.63, 3.8) is 0 Å². The van der Waals surface area contributed by atoms with Crippen LogP contribution in [0.5, 0.6) is 0 Å². The number of fused-ring (bicyclic) bond motifs is 3. The highest BCUT2D eigenvalue weighted by Gasteiger charge is 2.43. The molecule has 2 aromatic heterocycles. The molecule has 0 radical (unpaired) electrons. The number of rotatable bonds is 6. The number of nitrogens with two attached hydrogens (primary N) is 1. The Bertz CT molecular complexity index is 1340. The Morgan fingerprint density at radius 2 is 2.00 bits per heavy atom. The van der Waals surface area contributed by atoms with Crippen LogP contribution in [-0.2, 0) is 28.9 Å². The van der Waals surface area contributed by atoms with Gasteiger partial charge in [-0.15, -0.1) is 0 Å². The zero-order chi connectivity index (χ0) is 25.3. The molecule has 1 aliphatic rings. The number of esters is 2. The fraction of sp³-hybridized carbons (Fsp3) is 0.273. The number of halogens is 3. The van der Waals surface area contributed by atoms with Crippen molar-refractivity contribution in [3.05, 3.63) is 63.5 Å². The van der Waals surface area contributed by atoms with Crippen LogP contribution in [0.25, 0.3) is 22.5 Å². The second-order valence-electron chi connectivity index (χ2n) is 7.75. The van der Waals surface area contributed by atoms with Crippen LogP contribution in [0.1, 0.15) is 28.0 Å². The predicted octanol–water partition coefficient (Wildman–Crippen LogP) is 3.21. The molecule has 35 heavy (non-hydrogen) atoms. The van der Waals surface area contributed by atoms with Crippen molar-refractivity contribution in [2.75, 3.05) is 6.54 Å². The maximum Gasteiger partial charge on any atom is 0.491 e. The fourth-order valence-corrected chi connectivity index (χ4v) is 3.87. The first-order valence-corrected chi connectivity index (χ1v) is 10.5. The summed E-state index contributed by atoms with van der Waals surface area (Å²) in [5.74, 6) is -4.06. The van der Waals surface area contributed by atoms with Crippen molar-refractivity contribution < 1.29 is 32.4 Å². The Morgan fingerprint density at radius 3 is 2.69 bits per heavy atom. The van der Waals surface area contributed by atoms with Crippen LogP contribution >= 0.6 is 0 Å². The van der Waals surface area contributed by atoms with Gasteiger partial charge in [-0.1, -0.05) is 12.1 Å². The summed E-state index contributed by atoms with van der Waals surface area (Å²) in [5, 5.41) is 15.6.